The fraction of sp³-hybridized carbons (Fsp3) is 0.571. The van der Waals surface area contributed by atoms with Gasteiger partial charge in [-0.15, -0.1) is 0 Å². The molecule has 18 heavy (non-hydrogen) atoms. The van der Waals surface area contributed by atoms with Crippen LogP contribution < -0.4 is 5.73 Å². The molecule has 1 aromatic carbocycles. The van der Waals surface area contributed by atoms with Crippen molar-refractivity contribution in [2.75, 3.05) is 13.2 Å². The lowest BCUT2D eigenvalue weighted by Crippen LogP contribution is -2.55. The van der Waals surface area contributed by atoms with Gasteiger partial charge in [-0.3, -0.25) is 0 Å². The van der Waals surface area contributed by atoms with Gasteiger partial charge in [-0.05, 0) is 12.0 Å². The molecule has 3 N–H and O–H groups in total. The topological polar surface area (TPSA) is 64.7 Å². The van der Waals surface area contributed by atoms with Gasteiger partial charge in [0.05, 0.1) is 32.0 Å². The summed E-state index contributed by atoms with van der Waals surface area (Å²) in [5, 5.41) is 9.86. The first-order valence-corrected chi connectivity index (χ1v) is 6.38. The number of ether oxygens (including phenoxy) is 2. The van der Waals surface area contributed by atoms with Gasteiger partial charge in [0.2, 0.25) is 0 Å². The normalized spacial score (nSPS) is 38.2. The molecule has 1 saturated heterocycles. The average Bonchev–Trinajstić information content (AvgIpc) is 2.51. The molecule has 0 radical (unpaired) electrons. The molecule has 1 aliphatic carbocycles. The number of fused-ring (bicyclic) bond motifs is 1. The summed E-state index contributed by atoms with van der Waals surface area (Å²) in [5.41, 5.74) is 6.98. The lowest BCUT2D eigenvalue weighted by atomic mass is 9.81. The predicted molar refractivity (Wildman–Crippen MR) is 66.9 cm³/mol. The van der Waals surface area contributed by atoms with Gasteiger partial charge in [0.15, 0.2) is 0 Å². The van der Waals surface area contributed by atoms with Crippen molar-refractivity contribution in [2.24, 2.45) is 11.1 Å². The number of rotatable bonds is 4. The lowest BCUT2D eigenvalue weighted by molar-refractivity contribution is -0.218. The fourth-order valence-electron chi connectivity index (χ4n) is 2.99. The van der Waals surface area contributed by atoms with Crippen molar-refractivity contribution in [1.29, 1.82) is 0 Å². The molecular formula is C14H19NO3. The van der Waals surface area contributed by atoms with E-state index < -0.39 is 6.10 Å². The SMILES string of the molecule is NC1CC2(COCc3ccccc3)COC2C1O. The van der Waals surface area contributed by atoms with E-state index in [1.54, 1.807) is 0 Å². The van der Waals surface area contributed by atoms with Crippen LogP contribution in [-0.4, -0.2) is 36.6 Å². The first kappa shape index (κ1) is 12.1. The van der Waals surface area contributed by atoms with Gasteiger partial charge in [-0.1, -0.05) is 30.3 Å². The minimum absolute atomic E-state index is 0.0619. The molecule has 0 aromatic heterocycles. The molecule has 1 aliphatic heterocycles. The van der Waals surface area contributed by atoms with Crippen LogP contribution in [0.2, 0.25) is 0 Å². The van der Waals surface area contributed by atoms with E-state index in [1.807, 2.05) is 30.3 Å². The number of hydrogen-bond donors (Lipinski definition) is 2. The molecule has 3 rings (SSSR count). The van der Waals surface area contributed by atoms with E-state index >= 15 is 0 Å². The van der Waals surface area contributed by atoms with E-state index in [4.69, 9.17) is 15.2 Å². The highest BCUT2D eigenvalue weighted by Crippen LogP contribution is 2.47. The molecule has 2 aliphatic rings. The Labute approximate surface area is 107 Å². The van der Waals surface area contributed by atoms with Gasteiger partial charge in [-0.2, -0.15) is 0 Å². The van der Waals surface area contributed by atoms with Crippen LogP contribution in [0, 0.1) is 5.41 Å². The van der Waals surface area contributed by atoms with E-state index in [0.717, 1.165) is 12.0 Å². The summed E-state index contributed by atoms with van der Waals surface area (Å²) in [6, 6.07) is 9.90. The average molecular weight is 249 g/mol. The van der Waals surface area contributed by atoms with Crippen LogP contribution in [0.3, 0.4) is 0 Å². The Morgan fingerprint density at radius 1 is 1.39 bits per heavy atom. The van der Waals surface area contributed by atoms with E-state index in [0.29, 0.717) is 19.8 Å². The summed E-state index contributed by atoms with van der Waals surface area (Å²) in [6.07, 6.45) is 0.107. The number of benzene rings is 1. The van der Waals surface area contributed by atoms with Gasteiger partial charge >= 0.3 is 0 Å². The highest BCUT2D eigenvalue weighted by Gasteiger charge is 2.59. The van der Waals surface area contributed by atoms with Crippen molar-refractivity contribution in [3.8, 4) is 0 Å². The summed E-state index contributed by atoms with van der Waals surface area (Å²) in [6.45, 7) is 1.86. The van der Waals surface area contributed by atoms with Crippen LogP contribution in [0.25, 0.3) is 0 Å². The Balaban J connectivity index is 1.55. The van der Waals surface area contributed by atoms with Crippen molar-refractivity contribution in [2.45, 2.75) is 31.3 Å². The minimum Gasteiger partial charge on any atom is -0.389 e. The lowest BCUT2D eigenvalue weighted by Gasteiger charge is -2.45. The Morgan fingerprint density at radius 3 is 2.78 bits per heavy atom. The zero-order chi connectivity index (χ0) is 12.6. The standard InChI is InChI=1S/C14H19NO3/c15-11-6-14(9-18-13(14)12(11)16)8-17-7-10-4-2-1-3-5-10/h1-5,11-13,16H,6-9,15H2. The number of nitrogens with two attached hydrogens (primary N) is 1. The second-order valence-corrected chi connectivity index (χ2v) is 5.43. The Morgan fingerprint density at radius 2 is 2.17 bits per heavy atom. The molecule has 4 atom stereocenters. The van der Waals surface area contributed by atoms with Crippen LogP contribution in [-0.2, 0) is 16.1 Å². The van der Waals surface area contributed by atoms with Crippen molar-refractivity contribution >= 4 is 0 Å². The Bertz CT molecular complexity index is 411. The number of aliphatic hydroxyl groups excluding tert-OH is 1. The molecule has 0 amide bonds. The van der Waals surface area contributed by atoms with Gasteiger partial charge in [-0.25, -0.2) is 0 Å². The van der Waals surface area contributed by atoms with Gasteiger partial charge < -0.3 is 20.3 Å². The Kier molecular flexibility index (Phi) is 3.11. The second kappa shape index (κ2) is 4.63. The molecule has 0 spiro atoms. The van der Waals surface area contributed by atoms with Crippen LogP contribution in [0.4, 0.5) is 0 Å². The molecule has 4 nitrogen and oxygen atoms in total. The largest absolute Gasteiger partial charge is 0.389 e. The number of aliphatic hydroxyl groups is 1. The fourth-order valence-corrected chi connectivity index (χ4v) is 2.99. The summed E-state index contributed by atoms with van der Waals surface area (Å²) >= 11 is 0. The molecule has 1 heterocycles. The quantitative estimate of drug-likeness (QED) is 0.823. The molecular weight excluding hydrogens is 230 g/mol. The molecule has 98 valence electrons. The zero-order valence-electron chi connectivity index (χ0n) is 10.3. The van der Waals surface area contributed by atoms with Crippen LogP contribution in [0.5, 0.6) is 0 Å². The maximum atomic E-state index is 9.86. The van der Waals surface area contributed by atoms with E-state index in [2.05, 4.69) is 0 Å². The van der Waals surface area contributed by atoms with Crippen molar-refractivity contribution < 1.29 is 14.6 Å². The molecule has 4 heteroatoms. The van der Waals surface area contributed by atoms with E-state index in [9.17, 15) is 5.11 Å². The van der Waals surface area contributed by atoms with Crippen molar-refractivity contribution in [1.82, 2.24) is 0 Å². The third-order valence-corrected chi connectivity index (χ3v) is 4.05. The van der Waals surface area contributed by atoms with E-state index in [-0.39, 0.29) is 17.6 Å². The molecule has 1 saturated carbocycles. The summed E-state index contributed by atoms with van der Waals surface area (Å²) < 4.78 is 11.2. The van der Waals surface area contributed by atoms with Crippen LogP contribution >= 0.6 is 0 Å². The third kappa shape index (κ3) is 1.95. The maximum Gasteiger partial charge on any atom is 0.0959 e. The second-order valence-electron chi connectivity index (χ2n) is 5.43. The maximum absolute atomic E-state index is 9.86. The Hall–Kier alpha value is -0.940. The van der Waals surface area contributed by atoms with Crippen molar-refractivity contribution in [3.05, 3.63) is 35.9 Å². The third-order valence-electron chi connectivity index (χ3n) is 4.05. The highest BCUT2D eigenvalue weighted by atomic mass is 16.5. The summed E-state index contributed by atoms with van der Waals surface area (Å²) in [5.74, 6) is 0. The van der Waals surface area contributed by atoms with Crippen LogP contribution in [0.1, 0.15) is 12.0 Å². The van der Waals surface area contributed by atoms with Gasteiger partial charge in [0, 0.05) is 11.5 Å². The zero-order valence-corrected chi connectivity index (χ0v) is 10.3. The van der Waals surface area contributed by atoms with Crippen molar-refractivity contribution in [3.63, 3.8) is 0 Å². The first-order valence-electron chi connectivity index (χ1n) is 6.38. The minimum atomic E-state index is -0.543. The van der Waals surface area contributed by atoms with Crippen LogP contribution in [0.15, 0.2) is 30.3 Å². The van der Waals surface area contributed by atoms with Gasteiger partial charge in [0.1, 0.15) is 0 Å². The highest BCUT2D eigenvalue weighted by molar-refractivity contribution is 5.14. The van der Waals surface area contributed by atoms with Gasteiger partial charge in [0.25, 0.3) is 0 Å². The smallest absolute Gasteiger partial charge is 0.0959 e. The molecule has 4 unspecified atom stereocenters. The molecule has 1 aromatic rings. The number of hydrogen-bond acceptors (Lipinski definition) is 4. The predicted octanol–water partition coefficient (Wildman–Crippen LogP) is 0.680. The molecule has 0 bridgehead atoms. The summed E-state index contributed by atoms with van der Waals surface area (Å²) in [7, 11) is 0. The molecule has 2 fully saturated rings. The van der Waals surface area contributed by atoms with E-state index in [1.165, 1.54) is 0 Å². The first-order chi connectivity index (χ1) is 8.71. The monoisotopic (exact) mass is 249 g/mol. The summed E-state index contributed by atoms with van der Waals surface area (Å²) in [4.78, 5) is 0.